The van der Waals surface area contributed by atoms with Crippen LogP contribution in [0.4, 0.5) is 8.78 Å². The smallest absolute Gasteiger partial charge is 0.257 e. The number of carbonyl (C=O) groups is 1. The van der Waals surface area contributed by atoms with Gasteiger partial charge in [-0.05, 0) is 24.6 Å². The second-order valence-corrected chi connectivity index (χ2v) is 8.65. The van der Waals surface area contributed by atoms with Crippen LogP contribution >= 0.6 is 11.8 Å². The highest BCUT2D eigenvalue weighted by Gasteiger charge is 2.50. The molecular formula is C23H22F2N4O2S. The van der Waals surface area contributed by atoms with Crippen LogP contribution in [0.5, 0.6) is 0 Å². The first kappa shape index (κ1) is 22.2. The molecular weight excluding hydrogens is 434 g/mol. The van der Waals surface area contributed by atoms with Gasteiger partial charge in [0.2, 0.25) is 0 Å². The summed E-state index contributed by atoms with van der Waals surface area (Å²) >= 11 is 1.36. The van der Waals surface area contributed by atoms with Crippen molar-refractivity contribution in [3.8, 4) is 0 Å². The molecule has 0 unspecified atom stereocenters. The molecule has 32 heavy (non-hydrogen) atoms. The zero-order valence-corrected chi connectivity index (χ0v) is 17.9. The van der Waals surface area contributed by atoms with Crippen molar-refractivity contribution in [2.45, 2.75) is 18.1 Å². The molecule has 6 nitrogen and oxygen atoms in total. The molecule has 9 heteroatoms. The van der Waals surface area contributed by atoms with Crippen molar-refractivity contribution in [2.24, 2.45) is 16.6 Å². The number of rotatable bonds is 4. The number of hydrogen-bond donors (Lipinski definition) is 3. The van der Waals surface area contributed by atoms with Crippen molar-refractivity contribution in [1.29, 1.82) is 5.41 Å². The maximum absolute atomic E-state index is 14.9. The second-order valence-electron chi connectivity index (χ2n) is 7.64. The summed E-state index contributed by atoms with van der Waals surface area (Å²) in [6, 6.07) is 12.1. The number of amidine groups is 1. The Balaban J connectivity index is 1.71. The van der Waals surface area contributed by atoms with Crippen LogP contribution in [-0.4, -0.2) is 35.8 Å². The molecule has 0 spiro atoms. The van der Waals surface area contributed by atoms with E-state index in [0.29, 0.717) is 28.5 Å². The molecule has 1 fully saturated rings. The molecule has 2 aromatic carbocycles. The van der Waals surface area contributed by atoms with Gasteiger partial charge in [-0.15, -0.1) is 0 Å². The standard InChI is InChI=1S/C23H22F2N4O2S/c24-17-6-7-18(19(25)9-17)23-13-31-20(15(10-26)11-27)8-16(23)12-32-22(29-23)28-21(30)14-4-2-1-3-5-14/h1-7,9-11,16,20,26H,8,12-13,27H2,(H,28,29,30)/t16-,20+,23-/m0/s1. The summed E-state index contributed by atoms with van der Waals surface area (Å²) < 4.78 is 34.5. The van der Waals surface area contributed by atoms with Gasteiger partial charge in [0.15, 0.2) is 5.17 Å². The van der Waals surface area contributed by atoms with E-state index in [1.165, 1.54) is 30.1 Å². The van der Waals surface area contributed by atoms with Crippen LogP contribution in [0.25, 0.3) is 0 Å². The predicted molar refractivity (Wildman–Crippen MR) is 121 cm³/mol. The molecule has 2 aromatic rings. The second kappa shape index (κ2) is 9.22. The number of carbonyl (C=O) groups excluding carboxylic acids is 1. The van der Waals surface area contributed by atoms with E-state index < -0.39 is 23.3 Å². The van der Waals surface area contributed by atoms with Gasteiger partial charge in [0.1, 0.15) is 17.2 Å². The van der Waals surface area contributed by atoms with Gasteiger partial charge in [-0.25, -0.2) is 13.8 Å². The third-order valence-corrected chi connectivity index (χ3v) is 6.82. The number of nitrogens with one attached hydrogen (secondary N) is 2. The maximum atomic E-state index is 14.9. The number of fused-ring (bicyclic) bond motifs is 1. The van der Waals surface area contributed by atoms with E-state index in [0.717, 1.165) is 12.3 Å². The Morgan fingerprint density at radius 1 is 1.28 bits per heavy atom. The normalized spacial score (nSPS) is 25.4. The SMILES string of the molecule is N=CC(=CN)[C@H]1C[C@H]2CSC(NC(=O)c3ccccc3)=N[C@@]2(c2ccc(F)cc2F)CO1. The molecule has 4 rings (SSSR count). The van der Waals surface area contributed by atoms with Crippen LogP contribution in [-0.2, 0) is 10.3 Å². The third kappa shape index (κ3) is 4.18. The lowest BCUT2D eigenvalue weighted by molar-refractivity contribution is -0.0370. The van der Waals surface area contributed by atoms with E-state index in [1.807, 2.05) is 6.07 Å². The van der Waals surface area contributed by atoms with Crippen molar-refractivity contribution >= 4 is 29.1 Å². The number of thioether (sulfide) groups is 1. The van der Waals surface area contributed by atoms with Gasteiger partial charge in [0.05, 0.1) is 12.7 Å². The predicted octanol–water partition coefficient (Wildman–Crippen LogP) is 3.59. The highest BCUT2D eigenvalue weighted by atomic mass is 32.2. The van der Waals surface area contributed by atoms with Crippen LogP contribution in [0.3, 0.4) is 0 Å². The van der Waals surface area contributed by atoms with Gasteiger partial charge in [0, 0.05) is 46.9 Å². The summed E-state index contributed by atoms with van der Waals surface area (Å²) in [5, 5.41) is 10.7. The Morgan fingerprint density at radius 3 is 2.75 bits per heavy atom. The molecule has 166 valence electrons. The van der Waals surface area contributed by atoms with Crippen LogP contribution in [0, 0.1) is 23.0 Å². The molecule has 2 aliphatic rings. The lowest BCUT2D eigenvalue weighted by atomic mass is 9.74. The molecule has 0 saturated carbocycles. The van der Waals surface area contributed by atoms with E-state index in [2.05, 4.69) is 5.32 Å². The summed E-state index contributed by atoms with van der Waals surface area (Å²) in [5.74, 6) is -1.38. The molecule has 0 aromatic heterocycles. The van der Waals surface area contributed by atoms with Crippen LogP contribution in [0.1, 0.15) is 22.3 Å². The average molecular weight is 457 g/mol. The maximum Gasteiger partial charge on any atom is 0.257 e. The summed E-state index contributed by atoms with van der Waals surface area (Å²) in [6.07, 6.45) is 2.50. The fraction of sp³-hybridized carbons (Fsp3) is 0.261. The number of aliphatic imine (C=N–C) groups is 1. The number of hydrogen-bond acceptors (Lipinski definition) is 6. The lowest BCUT2D eigenvalue weighted by Crippen LogP contribution is -2.51. The Kier molecular flexibility index (Phi) is 6.38. The largest absolute Gasteiger partial charge is 0.404 e. The summed E-state index contributed by atoms with van der Waals surface area (Å²) in [6.45, 7) is 0.00132. The quantitative estimate of drug-likeness (QED) is 0.612. The minimum Gasteiger partial charge on any atom is -0.404 e. The molecule has 4 N–H and O–H groups in total. The van der Waals surface area contributed by atoms with Gasteiger partial charge in [-0.2, -0.15) is 0 Å². The molecule has 0 bridgehead atoms. The van der Waals surface area contributed by atoms with E-state index in [9.17, 15) is 13.6 Å². The average Bonchev–Trinajstić information content (AvgIpc) is 2.80. The van der Waals surface area contributed by atoms with E-state index in [-0.39, 0.29) is 24.0 Å². The van der Waals surface area contributed by atoms with Crippen molar-refractivity contribution in [1.82, 2.24) is 5.32 Å². The van der Waals surface area contributed by atoms with E-state index in [4.69, 9.17) is 20.9 Å². The van der Waals surface area contributed by atoms with Gasteiger partial charge < -0.3 is 21.2 Å². The summed E-state index contributed by atoms with van der Waals surface area (Å²) in [5.41, 5.74) is 5.70. The van der Waals surface area contributed by atoms with Gasteiger partial charge in [-0.1, -0.05) is 36.0 Å². The number of nitrogens with two attached hydrogens (primary N) is 1. The number of halogens is 2. The Morgan fingerprint density at radius 2 is 2.06 bits per heavy atom. The first-order valence-electron chi connectivity index (χ1n) is 10.1. The number of nitrogens with zero attached hydrogens (tertiary/aromatic N) is 1. The van der Waals surface area contributed by atoms with Gasteiger partial charge >= 0.3 is 0 Å². The van der Waals surface area contributed by atoms with Gasteiger partial charge in [-0.3, -0.25) is 4.79 Å². The van der Waals surface area contributed by atoms with Crippen LogP contribution in [0.2, 0.25) is 0 Å². The summed E-state index contributed by atoms with van der Waals surface area (Å²) in [4.78, 5) is 17.4. The zero-order chi connectivity index (χ0) is 22.7. The highest BCUT2D eigenvalue weighted by Crippen LogP contribution is 2.47. The van der Waals surface area contributed by atoms with Crippen molar-refractivity contribution in [2.75, 3.05) is 12.4 Å². The molecule has 3 atom stereocenters. The molecule has 1 saturated heterocycles. The van der Waals surface area contributed by atoms with Crippen LogP contribution < -0.4 is 11.1 Å². The van der Waals surface area contributed by atoms with Crippen molar-refractivity contribution in [3.63, 3.8) is 0 Å². The monoisotopic (exact) mass is 456 g/mol. The number of ether oxygens (including phenoxy) is 1. The minimum atomic E-state index is -1.14. The first-order valence-corrected chi connectivity index (χ1v) is 11.0. The Hall–Kier alpha value is -3.04. The first-order chi connectivity index (χ1) is 15.5. The Bertz CT molecular complexity index is 1090. The fourth-order valence-electron chi connectivity index (χ4n) is 4.09. The molecule has 0 aliphatic carbocycles. The van der Waals surface area contributed by atoms with Crippen LogP contribution in [0.15, 0.2) is 65.3 Å². The minimum absolute atomic E-state index is 0.00132. The third-order valence-electron chi connectivity index (χ3n) is 5.79. The highest BCUT2D eigenvalue weighted by molar-refractivity contribution is 8.13. The lowest BCUT2D eigenvalue weighted by Gasteiger charge is -2.46. The topological polar surface area (TPSA) is 101 Å². The van der Waals surface area contributed by atoms with E-state index >= 15 is 0 Å². The molecule has 2 aliphatic heterocycles. The van der Waals surface area contributed by atoms with Crippen molar-refractivity contribution in [3.05, 3.63) is 83.1 Å². The zero-order valence-electron chi connectivity index (χ0n) is 17.1. The molecule has 2 heterocycles. The summed E-state index contributed by atoms with van der Waals surface area (Å²) in [7, 11) is 0. The Labute approximate surface area is 188 Å². The molecule has 0 radical (unpaired) electrons. The van der Waals surface area contributed by atoms with E-state index in [1.54, 1.807) is 24.3 Å². The number of benzene rings is 2. The number of amides is 1. The van der Waals surface area contributed by atoms with Gasteiger partial charge in [0.25, 0.3) is 5.91 Å². The van der Waals surface area contributed by atoms with Crippen molar-refractivity contribution < 1.29 is 18.3 Å². The molecule has 1 amide bonds. The fourth-order valence-corrected chi connectivity index (χ4v) is 5.25.